The Morgan fingerprint density at radius 1 is 1.19 bits per heavy atom. The molecule has 0 aliphatic carbocycles. The van der Waals surface area contributed by atoms with Crippen molar-refractivity contribution in [1.29, 1.82) is 0 Å². The number of nitrogens with two attached hydrogens (primary N) is 2. The van der Waals surface area contributed by atoms with Crippen molar-refractivity contribution >= 4 is 5.91 Å². The van der Waals surface area contributed by atoms with E-state index in [9.17, 15) is 4.79 Å². The third kappa shape index (κ3) is 6.63. The van der Waals surface area contributed by atoms with E-state index in [-0.39, 0.29) is 0 Å². The van der Waals surface area contributed by atoms with Gasteiger partial charge < -0.3 is 16.2 Å². The molecule has 0 saturated heterocycles. The van der Waals surface area contributed by atoms with E-state index >= 15 is 0 Å². The third-order valence-corrected chi connectivity index (χ3v) is 3.66. The van der Waals surface area contributed by atoms with Crippen LogP contribution in [0.25, 0.3) is 0 Å². The molecule has 21 heavy (non-hydrogen) atoms. The average Bonchev–Trinajstić information content (AvgIpc) is 2.45. The molecule has 0 aliphatic heterocycles. The lowest BCUT2D eigenvalue weighted by molar-refractivity contribution is -0.122. The Bertz CT molecular complexity index is 427. The molecule has 1 aromatic carbocycles. The van der Waals surface area contributed by atoms with Crippen LogP contribution >= 0.6 is 0 Å². The van der Waals surface area contributed by atoms with Crippen molar-refractivity contribution in [2.75, 3.05) is 6.61 Å². The summed E-state index contributed by atoms with van der Waals surface area (Å²) in [4.78, 5) is 11.1. The minimum atomic E-state index is -0.916. The van der Waals surface area contributed by atoms with Crippen LogP contribution in [0.4, 0.5) is 0 Å². The normalized spacial score (nSPS) is 13.7. The number of hydrogen-bond acceptors (Lipinski definition) is 3. The van der Waals surface area contributed by atoms with E-state index in [4.69, 9.17) is 16.2 Å². The molecule has 0 aromatic heterocycles. The zero-order valence-electron chi connectivity index (χ0n) is 13.2. The van der Waals surface area contributed by atoms with E-state index in [2.05, 4.69) is 19.1 Å². The molecule has 1 aromatic rings. The van der Waals surface area contributed by atoms with E-state index in [1.54, 1.807) is 6.92 Å². The molecule has 0 fully saturated rings. The molecule has 118 valence electrons. The number of rotatable bonds is 10. The van der Waals surface area contributed by atoms with Gasteiger partial charge in [-0.05, 0) is 56.7 Å². The van der Waals surface area contributed by atoms with Crippen LogP contribution in [0.15, 0.2) is 24.3 Å². The summed E-state index contributed by atoms with van der Waals surface area (Å²) in [5.41, 5.74) is 11.5. The van der Waals surface area contributed by atoms with Gasteiger partial charge in [0.25, 0.3) is 0 Å². The van der Waals surface area contributed by atoms with E-state index in [1.165, 1.54) is 18.4 Å². The first-order chi connectivity index (χ1) is 9.95. The Balaban J connectivity index is 2.22. The lowest BCUT2D eigenvalue weighted by Gasteiger charge is -2.19. The second kappa shape index (κ2) is 8.67. The number of ether oxygens (including phenoxy) is 1. The molecule has 0 radical (unpaired) electrons. The highest BCUT2D eigenvalue weighted by molar-refractivity contribution is 5.83. The fourth-order valence-corrected chi connectivity index (χ4v) is 2.04. The summed E-state index contributed by atoms with van der Waals surface area (Å²) in [6, 6.07) is 8.27. The predicted molar refractivity (Wildman–Crippen MR) is 86.2 cm³/mol. The molecule has 1 unspecified atom stereocenters. The van der Waals surface area contributed by atoms with Gasteiger partial charge in [-0.2, -0.15) is 0 Å². The van der Waals surface area contributed by atoms with Gasteiger partial charge >= 0.3 is 0 Å². The van der Waals surface area contributed by atoms with Crippen molar-refractivity contribution in [2.45, 2.75) is 57.9 Å². The van der Waals surface area contributed by atoms with Crippen LogP contribution < -0.4 is 16.2 Å². The quantitative estimate of drug-likeness (QED) is 0.651. The van der Waals surface area contributed by atoms with Crippen molar-refractivity contribution in [3.8, 4) is 5.75 Å². The van der Waals surface area contributed by atoms with Gasteiger partial charge in [-0.25, -0.2) is 0 Å². The minimum absolute atomic E-state index is 0.453. The van der Waals surface area contributed by atoms with Gasteiger partial charge in [-0.1, -0.05) is 25.5 Å². The Kier molecular flexibility index (Phi) is 7.23. The summed E-state index contributed by atoms with van der Waals surface area (Å²) < 4.78 is 5.68. The van der Waals surface area contributed by atoms with Crippen LogP contribution in [0.5, 0.6) is 5.75 Å². The van der Waals surface area contributed by atoms with E-state index < -0.39 is 11.4 Å². The zero-order chi connectivity index (χ0) is 15.7. The van der Waals surface area contributed by atoms with Crippen molar-refractivity contribution in [3.63, 3.8) is 0 Å². The average molecular weight is 292 g/mol. The van der Waals surface area contributed by atoms with Crippen LogP contribution in [0.1, 0.15) is 51.5 Å². The monoisotopic (exact) mass is 292 g/mol. The maximum absolute atomic E-state index is 11.1. The molecule has 1 atom stereocenters. The molecular weight excluding hydrogens is 264 g/mol. The van der Waals surface area contributed by atoms with Gasteiger partial charge in [0.2, 0.25) is 5.91 Å². The summed E-state index contributed by atoms with van der Waals surface area (Å²) in [5.74, 6) is 0.437. The predicted octanol–water partition coefficient (Wildman–Crippen LogP) is 2.78. The zero-order valence-corrected chi connectivity index (χ0v) is 13.2. The number of unbranched alkanes of at least 4 members (excludes halogenated alkanes) is 2. The maximum atomic E-state index is 11.1. The van der Waals surface area contributed by atoms with Crippen LogP contribution in [0.2, 0.25) is 0 Å². The largest absolute Gasteiger partial charge is 0.494 e. The van der Waals surface area contributed by atoms with Gasteiger partial charge in [-0.15, -0.1) is 0 Å². The Morgan fingerprint density at radius 3 is 2.43 bits per heavy atom. The number of benzene rings is 1. The summed E-state index contributed by atoms with van der Waals surface area (Å²) in [7, 11) is 0. The molecule has 4 nitrogen and oxygen atoms in total. The first-order valence-electron chi connectivity index (χ1n) is 7.76. The second-order valence-corrected chi connectivity index (χ2v) is 5.83. The number of amides is 1. The minimum Gasteiger partial charge on any atom is -0.494 e. The summed E-state index contributed by atoms with van der Waals surface area (Å²) in [6.45, 7) is 4.50. The fraction of sp³-hybridized carbons (Fsp3) is 0.588. The highest BCUT2D eigenvalue weighted by Gasteiger charge is 2.24. The third-order valence-electron chi connectivity index (χ3n) is 3.66. The SMILES string of the molecule is CCCCc1ccc(OCCCCC(C)(N)C(N)=O)cc1. The first kappa shape index (κ1) is 17.5. The smallest absolute Gasteiger partial charge is 0.237 e. The maximum Gasteiger partial charge on any atom is 0.237 e. The van der Waals surface area contributed by atoms with Gasteiger partial charge in [0.05, 0.1) is 12.1 Å². The first-order valence-corrected chi connectivity index (χ1v) is 7.76. The fourth-order valence-electron chi connectivity index (χ4n) is 2.04. The van der Waals surface area contributed by atoms with Crippen LogP contribution in [-0.4, -0.2) is 18.1 Å². The Labute approximate surface area is 127 Å². The summed E-state index contributed by atoms with van der Waals surface area (Å²) >= 11 is 0. The van der Waals surface area contributed by atoms with Gasteiger partial charge in [0, 0.05) is 0 Å². The summed E-state index contributed by atoms with van der Waals surface area (Å²) in [5, 5.41) is 0. The molecule has 0 saturated carbocycles. The van der Waals surface area contributed by atoms with E-state index in [0.29, 0.717) is 13.0 Å². The van der Waals surface area contributed by atoms with Crippen molar-refractivity contribution < 1.29 is 9.53 Å². The topological polar surface area (TPSA) is 78.3 Å². The van der Waals surface area contributed by atoms with Gasteiger partial charge in [0.15, 0.2) is 0 Å². The van der Waals surface area contributed by atoms with Crippen molar-refractivity contribution in [3.05, 3.63) is 29.8 Å². The van der Waals surface area contributed by atoms with E-state index in [1.807, 2.05) is 12.1 Å². The number of hydrogen-bond donors (Lipinski definition) is 2. The summed E-state index contributed by atoms with van der Waals surface area (Å²) in [6.07, 6.45) is 5.82. The number of aryl methyl sites for hydroxylation is 1. The molecular formula is C17H28N2O2. The molecule has 4 N–H and O–H groups in total. The molecule has 4 heteroatoms. The Hall–Kier alpha value is -1.55. The van der Waals surface area contributed by atoms with E-state index in [0.717, 1.165) is 25.0 Å². The lowest BCUT2D eigenvalue weighted by atomic mass is 9.96. The van der Waals surface area contributed by atoms with Crippen molar-refractivity contribution in [1.82, 2.24) is 0 Å². The molecule has 0 bridgehead atoms. The standard InChI is InChI=1S/C17H28N2O2/c1-3-4-7-14-8-10-15(11-9-14)21-13-6-5-12-17(2,19)16(18)20/h8-11H,3-7,12-13,19H2,1-2H3,(H2,18,20). The van der Waals surface area contributed by atoms with Gasteiger partial charge in [-0.3, -0.25) is 4.79 Å². The Morgan fingerprint density at radius 2 is 1.86 bits per heavy atom. The lowest BCUT2D eigenvalue weighted by Crippen LogP contribution is -2.49. The molecule has 0 heterocycles. The highest BCUT2D eigenvalue weighted by atomic mass is 16.5. The van der Waals surface area contributed by atoms with Crippen LogP contribution in [0, 0.1) is 0 Å². The molecule has 0 aliphatic rings. The van der Waals surface area contributed by atoms with Crippen LogP contribution in [0.3, 0.4) is 0 Å². The second-order valence-electron chi connectivity index (χ2n) is 5.83. The molecule has 1 amide bonds. The van der Waals surface area contributed by atoms with Crippen LogP contribution in [-0.2, 0) is 11.2 Å². The highest BCUT2D eigenvalue weighted by Crippen LogP contribution is 2.15. The van der Waals surface area contributed by atoms with Crippen molar-refractivity contribution in [2.24, 2.45) is 11.5 Å². The van der Waals surface area contributed by atoms with Gasteiger partial charge in [0.1, 0.15) is 5.75 Å². The number of primary amides is 1. The molecule has 1 rings (SSSR count). The number of carbonyl (C=O) groups is 1. The number of carbonyl (C=O) groups excluding carboxylic acids is 1. The molecule has 0 spiro atoms.